The second-order valence-electron chi connectivity index (χ2n) is 5.53. The van der Waals surface area contributed by atoms with Crippen molar-refractivity contribution < 1.29 is 22.7 Å². The number of rotatable bonds is 6. The largest absolute Gasteiger partial charge is 0.573 e. The number of halogens is 3. The van der Waals surface area contributed by atoms with E-state index in [1.807, 2.05) is 0 Å². The highest BCUT2D eigenvalue weighted by Gasteiger charge is 2.43. The number of ether oxygens (including phenoxy) is 1. The van der Waals surface area contributed by atoms with Crippen LogP contribution in [0, 0.1) is 17.2 Å². The fourth-order valence-corrected chi connectivity index (χ4v) is 2.22. The van der Waals surface area contributed by atoms with Crippen LogP contribution < -0.4 is 15.4 Å². The van der Waals surface area contributed by atoms with Crippen molar-refractivity contribution in [1.29, 1.82) is 5.26 Å². The zero-order valence-corrected chi connectivity index (χ0v) is 12.4. The monoisotopic (exact) mass is 327 g/mol. The maximum atomic E-state index is 12.3. The number of carbonyl (C=O) groups is 1. The van der Waals surface area contributed by atoms with Crippen molar-refractivity contribution in [3.8, 4) is 11.8 Å². The highest BCUT2D eigenvalue weighted by molar-refractivity contribution is 5.82. The lowest BCUT2D eigenvalue weighted by Crippen LogP contribution is -2.48. The van der Waals surface area contributed by atoms with Gasteiger partial charge in [-0.05, 0) is 37.8 Å². The number of nitriles is 1. The normalized spacial score (nSPS) is 16.8. The maximum absolute atomic E-state index is 12.3. The summed E-state index contributed by atoms with van der Waals surface area (Å²) >= 11 is 0. The van der Waals surface area contributed by atoms with Crippen molar-refractivity contribution in [1.82, 2.24) is 5.32 Å². The van der Waals surface area contributed by atoms with Gasteiger partial charge in [-0.2, -0.15) is 5.26 Å². The Balaban J connectivity index is 1.96. The molecule has 0 aliphatic heterocycles. The Hall–Kier alpha value is -2.43. The molecule has 2 N–H and O–H groups in total. The minimum atomic E-state index is -4.81. The summed E-state index contributed by atoms with van der Waals surface area (Å²) in [7, 11) is 0. The number of alkyl halides is 3. The summed E-state index contributed by atoms with van der Waals surface area (Å²) in [5.74, 6) is -0.766. The molecule has 124 valence electrons. The molecule has 2 rings (SSSR count). The summed E-state index contributed by atoms with van der Waals surface area (Å²) < 4.78 is 40.8. The van der Waals surface area contributed by atoms with Gasteiger partial charge in [0.2, 0.25) is 5.91 Å². The van der Waals surface area contributed by atoms with Crippen LogP contribution in [0.5, 0.6) is 5.75 Å². The van der Waals surface area contributed by atoms with Crippen LogP contribution in [-0.4, -0.2) is 24.4 Å². The average molecular weight is 327 g/mol. The first-order valence-electron chi connectivity index (χ1n) is 7.04. The molecule has 0 heterocycles. The van der Waals surface area contributed by atoms with Crippen LogP contribution in [0.1, 0.15) is 19.8 Å². The quantitative estimate of drug-likeness (QED) is 0.842. The van der Waals surface area contributed by atoms with E-state index in [0.717, 1.165) is 18.9 Å². The lowest BCUT2D eigenvalue weighted by Gasteiger charge is -2.23. The lowest BCUT2D eigenvalue weighted by molar-refractivity contribution is -0.274. The summed E-state index contributed by atoms with van der Waals surface area (Å²) in [6.07, 6.45) is -3.06. The third-order valence-corrected chi connectivity index (χ3v) is 3.58. The molecule has 5 nitrogen and oxygen atoms in total. The summed E-state index contributed by atoms with van der Waals surface area (Å²) in [5, 5.41) is 14.4. The third-order valence-electron chi connectivity index (χ3n) is 3.58. The van der Waals surface area contributed by atoms with Gasteiger partial charge in [0.15, 0.2) is 5.75 Å². The molecule has 0 aromatic heterocycles. The summed E-state index contributed by atoms with van der Waals surface area (Å²) in [6, 6.07) is 7.52. The van der Waals surface area contributed by atoms with Gasteiger partial charge in [0.05, 0.1) is 18.3 Å². The van der Waals surface area contributed by atoms with E-state index in [-0.39, 0.29) is 18.2 Å². The van der Waals surface area contributed by atoms with E-state index in [1.54, 1.807) is 6.92 Å². The zero-order valence-electron chi connectivity index (χ0n) is 12.4. The Morgan fingerprint density at radius 3 is 2.61 bits per heavy atom. The number of anilines is 1. The lowest BCUT2D eigenvalue weighted by atomic mass is 9.98. The Kier molecular flexibility index (Phi) is 4.68. The van der Waals surface area contributed by atoms with Crippen LogP contribution in [0.25, 0.3) is 0 Å². The second-order valence-corrected chi connectivity index (χ2v) is 5.53. The molecule has 0 saturated heterocycles. The van der Waals surface area contributed by atoms with E-state index in [4.69, 9.17) is 0 Å². The number of nitrogens with zero attached hydrogens (tertiary/aromatic N) is 1. The number of amides is 1. The second kappa shape index (κ2) is 6.36. The van der Waals surface area contributed by atoms with Gasteiger partial charge in [-0.15, -0.1) is 13.2 Å². The molecule has 1 saturated carbocycles. The average Bonchev–Trinajstić information content (AvgIpc) is 3.29. The van der Waals surface area contributed by atoms with Gasteiger partial charge >= 0.3 is 6.36 Å². The molecule has 1 aliphatic carbocycles. The molecule has 23 heavy (non-hydrogen) atoms. The van der Waals surface area contributed by atoms with Gasteiger partial charge in [-0.3, -0.25) is 4.79 Å². The molecule has 0 bridgehead atoms. The summed E-state index contributed by atoms with van der Waals surface area (Å²) in [4.78, 5) is 11.9. The van der Waals surface area contributed by atoms with Crippen molar-refractivity contribution in [3.05, 3.63) is 24.3 Å². The maximum Gasteiger partial charge on any atom is 0.573 e. The van der Waals surface area contributed by atoms with E-state index >= 15 is 0 Å². The molecule has 8 heteroatoms. The van der Waals surface area contributed by atoms with Crippen molar-refractivity contribution in [2.75, 3.05) is 11.9 Å². The topological polar surface area (TPSA) is 74.2 Å². The van der Waals surface area contributed by atoms with Crippen LogP contribution in [0.4, 0.5) is 18.9 Å². The van der Waals surface area contributed by atoms with Crippen molar-refractivity contribution in [2.24, 2.45) is 5.92 Å². The molecule has 1 fully saturated rings. The Labute approximate surface area is 131 Å². The SMILES string of the molecule is C[C@@](C#N)(NC(=O)CNc1ccccc1OC(F)(F)F)C1CC1. The number of carbonyl (C=O) groups excluding carboxylic acids is 1. The van der Waals surface area contributed by atoms with Crippen molar-refractivity contribution in [2.45, 2.75) is 31.7 Å². The molecule has 0 spiro atoms. The fraction of sp³-hybridized carbons (Fsp3) is 0.467. The highest BCUT2D eigenvalue weighted by atomic mass is 19.4. The molecular weight excluding hydrogens is 311 g/mol. The van der Waals surface area contributed by atoms with Crippen LogP contribution in [-0.2, 0) is 4.79 Å². The minimum Gasteiger partial charge on any atom is -0.404 e. The molecule has 1 aromatic rings. The van der Waals surface area contributed by atoms with E-state index in [9.17, 15) is 23.2 Å². The molecule has 1 aliphatic rings. The standard InChI is InChI=1S/C15H16F3N3O2/c1-14(9-19,10-6-7-10)21-13(22)8-20-11-4-2-3-5-12(11)23-15(16,17)18/h2-5,10,20H,6-8H2,1H3,(H,21,22)/t14-/m0/s1. The highest BCUT2D eigenvalue weighted by Crippen LogP contribution is 2.39. The van der Waals surface area contributed by atoms with Crippen LogP contribution in [0.15, 0.2) is 24.3 Å². The number of hydrogen-bond acceptors (Lipinski definition) is 4. The number of nitrogens with one attached hydrogen (secondary N) is 2. The first-order chi connectivity index (χ1) is 10.7. The Morgan fingerprint density at radius 1 is 1.39 bits per heavy atom. The van der Waals surface area contributed by atoms with Crippen molar-refractivity contribution in [3.63, 3.8) is 0 Å². The van der Waals surface area contributed by atoms with E-state index in [0.29, 0.717) is 0 Å². The first kappa shape index (κ1) is 16.9. The number of hydrogen-bond donors (Lipinski definition) is 2. The molecular formula is C15H16F3N3O2. The van der Waals surface area contributed by atoms with Crippen molar-refractivity contribution >= 4 is 11.6 Å². The summed E-state index contributed by atoms with van der Waals surface area (Å²) in [6.45, 7) is 1.38. The van der Waals surface area contributed by atoms with Gasteiger partial charge in [-0.1, -0.05) is 12.1 Å². The van der Waals surface area contributed by atoms with Gasteiger partial charge < -0.3 is 15.4 Å². The number of benzene rings is 1. The first-order valence-corrected chi connectivity index (χ1v) is 7.04. The fourth-order valence-electron chi connectivity index (χ4n) is 2.22. The third kappa shape index (κ3) is 4.77. The predicted molar refractivity (Wildman–Crippen MR) is 76.5 cm³/mol. The van der Waals surface area contributed by atoms with E-state index < -0.39 is 23.6 Å². The van der Waals surface area contributed by atoms with Gasteiger partial charge in [0.1, 0.15) is 5.54 Å². The number of para-hydroxylation sites is 2. The Bertz CT molecular complexity index is 623. The smallest absolute Gasteiger partial charge is 0.404 e. The summed E-state index contributed by atoms with van der Waals surface area (Å²) in [5.41, 5.74) is -0.897. The molecule has 1 amide bonds. The van der Waals surface area contributed by atoms with Gasteiger partial charge in [-0.25, -0.2) is 0 Å². The van der Waals surface area contributed by atoms with E-state index in [1.165, 1.54) is 18.2 Å². The zero-order chi connectivity index (χ0) is 17.1. The van der Waals surface area contributed by atoms with Gasteiger partial charge in [0, 0.05) is 0 Å². The molecule has 1 aromatic carbocycles. The molecule has 0 radical (unpaired) electrons. The minimum absolute atomic E-state index is 0.0463. The molecule has 0 unspecified atom stereocenters. The van der Waals surface area contributed by atoms with Gasteiger partial charge in [0.25, 0.3) is 0 Å². The van der Waals surface area contributed by atoms with E-state index in [2.05, 4.69) is 21.4 Å². The molecule has 1 atom stereocenters. The Morgan fingerprint density at radius 2 is 2.04 bits per heavy atom. The van der Waals surface area contributed by atoms with Crippen LogP contribution >= 0.6 is 0 Å². The van der Waals surface area contributed by atoms with Crippen LogP contribution in [0.2, 0.25) is 0 Å². The predicted octanol–water partition coefficient (Wildman–Crippen LogP) is 2.81. The van der Waals surface area contributed by atoms with Crippen LogP contribution in [0.3, 0.4) is 0 Å².